The first kappa shape index (κ1) is 10.7. The molecule has 0 bridgehead atoms. The Labute approximate surface area is 80.2 Å². The van der Waals surface area contributed by atoms with E-state index in [2.05, 4.69) is 35.0 Å². The lowest BCUT2D eigenvalue weighted by molar-refractivity contribution is 1.45. The van der Waals surface area contributed by atoms with Crippen LogP contribution in [0.25, 0.3) is 0 Å². The van der Waals surface area contributed by atoms with Crippen LogP contribution in [0.3, 0.4) is 0 Å². The van der Waals surface area contributed by atoms with Crippen molar-refractivity contribution in [2.24, 2.45) is 0 Å². The highest BCUT2D eigenvalue weighted by Crippen LogP contribution is 2.09. The van der Waals surface area contributed by atoms with Gasteiger partial charge in [-0.05, 0) is 19.1 Å². The Hall–Kier alpha value is -1.32. The number of hydrogen-bond donors (Lipinski definition) is 0. The van der Waals surface area contributed by atoms with E-state index < -0.39 is 0 Å². The van der Waals surface area contributed by atoms with Crippen molar-refractivity contribution < 1.29 is 0 Å². The monoisotopic (exact) mass is 222 g/mol. The number of halogens is 1. The molecule has 1 aromatic carbocycles. The summed E-state index contributed by atoms with van der Waals surface area (Å²) in [5.41, 5.74) is 1.29. The van der Waals surface area contributed by atoms with Crippen molar-refractivity contribution in [2.75, 3.05) is 0 Å². The van der Waals surface area contributed by atoms with Crippen molar-refractivity contribution in [2.45, 2.75) is 6.92 Å². The van der Waals surface area contributed by atoms with Gasteiger partial charge >= 0.3 is 0 Å². The highest BCUT2D eigenvalue weighted by Gasteiger charge is 1.82. The summed E-state index contributed by atoms with van der Waals surface area (Å²) in [6, 6.07) is 10.7. The maximum Gasteiger partial charge on any atom is 0.181 e. The third kappa shape index (κ3) is 5.46. The van der Waals surface area contributed by atoms with Crippen LogP contribution in [-0.4, -0.2) is 0 Å². The molecule has 0 aromatic heterocycles. The Bertz CT molecular complexity index is 291. The van der Waals surface area contributed by atoms with Crippen LogP contribution in [-0.2, 0) is 0 Å². The minimum atomic E-state index is 1.15. The SMILES string of the molecule is Cc1cccc(Br)c1.N#CC#N. The van der Waals surface area contributed by atoms with Gasteiger partial charge < -0.3 is 0 Å². The molecule has 0 radical (unpaired) electrons. The Balaban J connectivity index is 0.000000261. The zero-order valence-corrected chi connectivity index (χ0v) is 8.17. The molecule has 0 heterocycles. The molecule has 0 saturated carbocycles. The molecule has 0 N–H and O–H groups in total. The summed E-state index contributed by atoms with van der Waals surface area (Å²) in [5.74, 6) is 0. The van der Waals surface area contributed by atoms with Crippen LogP contribution in [0.15, 0.2) is 28.7 Å². The highest BCUT2D eigenvalue weighted by molar-refractivity contribution is 9.10. The molecule has 0 atom stereocenters. The van der Waals surface area contributed by atoms with Crippen LogP contribution in [0, 0.1) is 29.6 Å². The highest BCUT2D eigenvalue weighted by atomic mass is 79.9. The van der Waals surface area contributed by atoms with Gasteiger partial charge in [0.15, 0.2) is 12.1 Å². The fraction of sp³-hybridized carbons (Fsp3) is 0.111. The summed E-state index contributed by atoms with van der Waals surface area (Å²) in [4.78, 5) is 0. The summed E-state index contributed by atoms with van der Waals surface area (Å²) in [7, 11) is 0. The maximum absolute atomic E-state index is 7.26. The van der Waals surface area contributed by atoms with Gasteiger partial charge in [-0.25, -0.2) is 0 Å². The molecule has 0 unspecified atom stereocenters. The number of benzene rings is 1. The van der Waals surface area contributed by atoms with Gasteiger partial charge in [-0.1, -0.05) is 33.6 Å². The topological polar surface area (TPSA) is 47.6 Å². The zero-order chi connectivity index (χ0) is 9.40. The van der Waals surface area contributed by atoms with E-state index in [0.717, 1.165) is 4.47 Å². The van der Waals surface area contributed by atoms with Crippen LogP contribution in [0.1, 0.15) is 5.56 Å². The van der Waals surface area contributed by atoms with E-state index in [1.165, 1.54) is 17.7 Å². The normalized spacial score (nSPS) is 7.00. The number of aryl methyl sites for hydroxylation is 1. The Morgan fingerprint density at radius 1 is 1.25 bits per heavy atom. The van der Waals surface area contributed by atoms with E-state index in [4.69, 9.17) is 10.5 Å². The molecule has 3 heteroatoms. The largest absolute Gasteiger partial charge is 0.181 e. The minimum Gasteiger partial charge on any atom is -0.181 e. The van der Waals surface area contributed by atoms with Crippen LogP contribution >= 0.6 is 15.9 Å². The van der Waals surface area contributed by atoms with Gasteiger partial charge in [0, 0.05) is 4.47 Å². The predicted molar refractivity (Wildman–Crippen MR) is 50.1 cm³/mol. The molecule has 0 aliphatic heterocycles. The van der Waals surface area contributed by atoms with Gasteiger partial charge in [0.1, 0.15) is 0 Å². The van der Waals surface area contributed by atoms with Crippen LogP contribution < -0.4 is 0 Å². The number of rotatable bonds is 0. The molecule has 12 heavy (non-hydrogen) atoms. The summed E-state index contributed by atoms with van der Waals surface area (Å²) in [6.45, 7) is 2.07. The predicted octanol–water partition coefficient (Wildman–Crippen LogP) is 2.79. The first-order valence-electron chi connectivity index (χ1n) is 3.21. The molecule has 0 aliphatic carbocycles. The summed E-state index contributed by atoms with van der Waals surface area (Å²) < 4.78 is 1.15. The van der Waals surface area contributed by atoms with E-state index in [1.807, 2.05) is 12.1 Å². The Kier molecular flexibility index (Phi) is 5.69. The number of nitriles is 2. The van der Waals surface area contributed by atoms with Crippen LogP contribution in [0.4, 0.5) is 0 Å². The second kappa shape index (κ2) is 6.39. The standard InChI is InChI=1S/C7H7Br.C2N2/c1-6-3-2-4-7(8)5-6;3-1-2-4/h2-5H,1H3;. The Morgan fingerprint density at radius 3 is 2.08 bits per heavy atom. The van der Waals surface area contributed by atoms with Gasteiger partial charge in [0.05, 0.1) is 0 Å². The third-order valence-electron chi connectivity index (χ3n) is 1.03. The van der Waals surface area contributed by atoms with Gasteiger partial charge in [0.25, 0.3) is 0 Å². The van der Waals surface area contributed by atoms with Crippen molar-refractivity contribution in [1.29, 1.82) is 10.5 Å². The molecular weight excluding hydrogens is 216 g/mol. The lowest BCUT2D eigenvalue weighted by Crippen LogP contribution is -1.67. The molecular formula is C9H7BrN2. The zero-order valence-electron chi connectivity index (χ0n) is 6.58. The van der Waals surface area contributed by atoms with E-state index in [9.17, 15) is 0 Å². The first-order valence-corrected chi connectivity index (χ1v) is 4.00. The summed E-state index contributed by atoms with van der Waals surface area (Å²) in [6.07, 6.45) is 0. The van der Waals surface area contributed by atoms with Crippen molar-refractivity contribution in [3.63, 3.8) is 0 Å². The van der Waals surface area contributed by atoms with E-state index in [-0.39, 0.29) is 0 Å². The van der Waals surface area contributed by atoms with E-state index in [0.29, 0.717) is 0 Å². The molecule has 0 fully saturated rings. The number of nitrogens with zero attached hydrogens (tertiary/aromatic N) is 2. The molecule has 1 aromatic rings. The van der Waals surface area contributed by atoms with Gasteiger partial charge in [0.2, 0.25) is 0 Å². The van der Waals surface area contributed by atoms with Crippen molar-refractivity contribution in [3.05, 3.63) is 34.3 Å². The van der Waals surface area contributed by atoms with Gasteiger partial charge in [-0.2, -0.15) is 10.5 Å². The summed E-state index contributed by atoms with van der Waals surface area (Å²) >= 11 is 3.36. The molecule has 2 nitrogen and oxygen atoms in total. The van der Waals surface area contributed by atoms with Crippen molar-refractivity contribution in [1.82, 2.24) is 0 Å². The van der Waals surface area contributed by atoms with Crippen LogP contribution in [0.5, 0.6) is 0 Å². The van der Waals surface area contributed by atoms with Gasteiger partial charge in [-0.3, -0.25) is 0 Å². The van der Waals surface area contributed by atoms with Crippen molar-refractivity contribution in [3.8, 4) is 12.1 Å². The van der Waals surface area contributed by atoms with E-state index >= 15 is 0 Å². The van der Waals surface area contributed by atoms with Gasteiger partial charge in [-0.15, -0.1) is 0 Å². The number of hydrogen-bond acceptors (Lipinski definition) is 2. The fourth-order valence-corrected chi connectivity index (χ4v) is 1.12. The molecule has 60 valence electrons. The minimum absolute atomic E-state index is 1.15. The lowest BCUT2D eigenvalue weighted by atomic mass is 10.2. The fourth-order valence-electron chi connectivity index (χ4n) is 0.606. The average Bonchev–Trinajstić information content (AvgIpc) is 2.04. The molecule has 1 rings (SSSR count). The molecule has 0 amide bonds. The first-order chi connectivity index (χ1) is 5.70. The van der Waals surface area contributed by atoms with Crippen molar-refractivity contribution >= 4 is 15.9 Å². The van der Waals surface area contributed by atoms with E-state index in [1.54, 1.807) is 0 Å². The summed E-state index contributed by atoms with van der Waals surface area (Å²) in [5, 5.41) is 14.5. The van der Waals surface area contributed by atoms with Crippen LogP contribution in [0.2, 0.25) is 0 Å². The smallest absolute Gasteiger partial charge is 0.181 e. The third-order valence-corrected chi connectivity index (χ3v) is 1.52. The molecule has 0 spiro atoms. The Morgan fingerprint density at radius 2 is 1.83 bits per heavy atom. The average molecular weight is 223 g/mol. The quantitative estimate of drug-likeness (QED) is 0.678. The molecule has 0 saturated heterocycles. The second-order valence-electron chi connectivity index (χ2n) is 2.02. The maximum atomic E-state index is 7.26. The second-order valence-corrected chi connectivity index (χ2v) is 2.94. The molecule has 0 aliphatic rings. The lowest BCUT2D eigenvalue weighted by Gasteiger charge is -1.89.